The number of nitrogens with two attached hydrogens (primary N) is 1. The van der Waals surface area contributed by atoms with E-state index in [0.29, 0.717) is 5.56 Å². The maximum Gasteiger partial charge on any atom is 0.322 e. The van der Waals surface area contributed by atoms with Crippen LogP contribution in [0.5, 0.6) is 0 Å². The van der Waals surface area contributed by atoms with Gasteiger partial charge in [-0.25, -0.2) is 0 Å². The van der Waals surface area contributed by atoms with Crippen LogP contribution in [0.1, 0.15) is 65.1 Å². The smallest absolute Gasteiger partial charge is 0.322 e. The first-order chi connectivity index (χ1) is 18.8. The summed E-state index contributed by atoms with van der Waals surface area (Å²) in [4.78, 5) is 53.8. The molecule has 0 aromatic heterocycles. The number of rotatable bonds is 9. The molecule has 3 amide bonds. The molecule has 2 rings (SSSR count). The van der Waals surface area contributed by atoms with Crippen molar-refractivity contribution in [2.75, 3.05) is 13.2 Å². The van der Waals surface area contributed by atoms with Gasteiger partial charge in [0.05, 0.1) is 6.61 Å². The van der Waals surface area contributed by atoms with E-state index in [-0.39, 0.29) is 31.2 Å². The van der Waals surface area contributed by atoms with E-state index in [1.165, 1.54) is 13.3 Å². The molecule has 0 spiro atoms. The molecule has 40 heavy (non-hydrogen) atoms. The van der Waals surface area contributed by atoms with E-state index in [1.807, 2.05) is 51.1 Å². The van der Waals surface area contributed by atoms with Crippen molar-refractivity contribution < 1.29 is 38.6 Å². The number of carboxylic acids is 1. The Bertz CT molecular complexity index is 993. The normalized spacial score (nSPS) is 10.3. The van der Waals surface area contributed by atoms with Gasteiger partial charge in [-0.15, -0.1) is 0 Å². The third kappa shape index (κ3) is 22.9. The zero-order valence-electron chi connectivity index (χ0n) is 24.1. The third-order valence-corrected chi connectivity index (χ3v) is 3.91. The van der Waals surface area contributed by atoms with Crippen LogP contribution in [-0.2, 0) is 40.1 Å². The van der Waals surface area contributed by atoms with Crippen LogP contribution in [0.25, 0.3) is 0 Å². The zero-order valence-corrected chi connectivity index (χ0v) is 24.1. The monoisotopic (exact) mass is 561 g/mol. The lowest BCUT2D eigenvalue weighted by Gasteiger charge is -2.18. The summed E-state index contributed by atoms with van der Waals surface area (Å²) in [6.45, 7) is 10.7. The van der Waals surface area contributed by atoms with E-state index in [2.05, 4.69) is 30.2 Å². The van der Waals surface area contributed by atoms with E-state index < -0.39 is 30.4 Å². The fraction of sp³-hybridized carbons (Fsp3) is 0.414. The third-order valence-electron chi connectivity index (χ3n) is 3.91. The summed E-state index contributed by atoms with van der Waals surface area (Å²) in [5, 5.41) is 13.5. The molecule has 0 aliphatic rings. The number of carbonyl (C=O) groups excluding carboxylic acids is 4. The molecule has 1 unspecified atom stereocenters. The van der Waals surface area contributed by atoms with Crippen LogP contribution in [0.2, 0.25) is 0 Å². The van der Waals surface area contributed by atoms with Crippen molar-refractivity contribution >= 4 is 30.2 Å². The van der Waals surface area contributed by atoms with E-state index in [0.717, 1.165) is 5.56 Å². The second-order valence-corrected chi connectivity index (χ2v) is 9.05. The predicted octanol–water partition coefficient (Wildman–Crippen LogP) is 3.13. The van der Waals surface area contributed by atoms with Gasteiger partial charge in [0, 0.05) is 6.92 Å². The number of nitrogens with one attached hydrogen (secondary N) is 2. The maximum absolute atomic E-state index is 12.2. The standard InChI is InChI=1S/C19H20N2O5.C6H12O2.C3H8.CH3NO/c22-16(13-26-12-14-7-3-1-4-8-14)21-18(15-9-5-2-6-10-15)19(25)20-11-17(23)24;1-5(7)8-6(2,3)4;1-3-2;2-1-3/h1-10,18H,11-13H2,(H,20,25)(H,21,22)(H,23,24);1-4H3;3H2,1-2H3;1H,(H2,2,3). The highest BCUT2D eigenvalue weighted by molar-refractivity contribution is 5.90. The number of primary amides is 1. The maximum atomic E-state index is 12.2. The molecule has 0 saturated carbocycles. The van der Waals surface area contributed by atoms with E-state index in [9.17, 15) is 19.2 Å². The van der Waals surface area contributed by atoms with Crippen molar-refractivity contribution in [3.05, 3.63) is 71.8 Å². The number of hydrogen-bond donors (Lipinski definition) is 4. The lowest BCUT2D eigenvalue weighted by atomic mass is 10.1. The summed E-state index contributed by atoms with van der Waals surface area (Å²) in [7, 11) is 0. The van der Waals surface area contributed by atoms with Gasteiger partial charge in [0.15, 0.2) is 0 Å². The molecule has 11 heteroatoms. The van der Waals surface area contributed by atoms with Crippen LogP contribution in [-0.4, -0.2) is 54.0 Å². The van der Waals surface area contributed by atoms with Crippen LogP contribution < -0.4 is 16.4 Å². The Morgan fingerprint density at radius 1 is 0.975 bits per heavy atom. The Kier molecular flexibility index (Phi) is 21.5. The topological polar surface area (TPSA) is 174 Å². The number of benzene rings is 2. The van der Waals surface area contributed by atoms with E-state index in [4.69, 9.17) is 19.4 Å². The highest BCUT2D eigenvalue weighted by Gasteiger charge is 2.23. The van der Waals surface area contributed by atoms with Gasteiger partial charge in [-0.2, -0.15) is 0 Å². The van der Waals surface area contributed by atoms with Crippen molar-refractivity contribution in [3.8, 4) is 0 Å². The molecule has 222 valence electrons. The average Bonchev–Trinajstić information content (AvgIpc) is 2.87. The van der Waals surface area contributed by atoms with Gasteiger partial charge in [0.25, 0.3) is 0 Å². The average molecular weight is 562 g/mol. The molecule has 0 bridgehead atoms. The SMILES string of the molecule is CC(=O)OC(C)(C)C.CCC.NC=O.O=C(O)CNC(=O)C(NC(=O)COCc1ccccc1)c1ccccc1. The summed E-state index contributed by atoms with van der Waals surface area (Å²) in [5.74, 6) is -2.46. The number of carbonyl (C=O) groups is 5. The van der Waals surface area contributed by atoms with Crippen molar-refractivity contribution in [2.45, 2.75) is 66.2 Å². The minimum atomic E-state index is -1.16. The molecule has 0 aliphatic carbocycles. The number of hydrogen-bond acceptors (Lipinski definition) is 7. The lowest BCUT2D eigenvalue weighted by Crippen LogP contribution is -2.43. The molecule has 2 aromatic rings. The Balaban J connectivity index is 0. The fourth-order valence-corrected chi connectivity index (χ4v) is 2.68. The highest BCUT2D eigenvalue weighted by Crippen LogP contribution is 2.13. The summed E-state index contributed by atoms with van der Waals surface area (Å²) < 4.78 is 10.2. The van der Waals surface area contributed by atoms with Gasteiger partial charge >= 0.3 is 11.9 Å². The fourth-order valence-electron chi connectivity index (χ4n) is 2.68. The molecular formula is C29H43N3O8. The first-order valence-corrected chi connectivity index (χ1v) is 12.6. The minimum absolute atomic E-state index is 0.218. The molecule has 5 N–H and O–H groups in total. The van der Waals surface area contributed by atoms with Gasteiger partial charge in [-0.05, 0) is 31.9 Å². The van der Waals surface area contributed by atoms with Crippen LogP contribution in [0.4, 0.5) is 0 Å². The molecular weight excluding hydrogens is 518 g/mol. The van der Waals surface area contributed by atoms with Crippen LogP contribution in [0.15, 0.2) is 60.7 Å². The van der Waals surface area contributed by atoms with Crippen molar-refractivity contribution in [1.82, 2.24) is 10.6 Å². The van der Waals surface area contributed by atoms with Gasteiger partial charge in [-0.3, -0.25) is 24.0 Å². The zero-order chi connectivity index (χ0) is 31.0. The Labute approximate surface area is 236 Å². The minimum Gasteiger partial charge on any atom is -0.480 e. The Morgan fingerprint density at radius 2 is 1.45 bits per heavy atom. The summed E-state index contributed by atoms with van der Waals surface area (Å²) in [6, 6.07) is 17.0. The quantitative estimate of drug-likeness (QED) is 0.267. The molecule has 11 nitrogen and oxygen atoms in total. The predicted molar refractivity (Wildman–Crippen MR) is 152 cm³/mol. The van der Waals surface area contributed by atoms with Crippen LogP contribution >= 0.6 is 0 Å². The molecule has 0 heterocycles. The van der Waals surface area contributed by atoms with Gasteiger partial charge in [0.1, 0.15) is 24.8 Å². The highest BCUT2D eigenvalue weighted by atomic mass is 16.6. The largest absolute Gasteiger partial charge is 0.480 e. The first-order valence-electron chi connectivity index (χ1n) is 12.6. The van der Waals surface area contributed by atoms with Crippen LogP contribution in [0.3, 0.4) is 0 Å². The number of aliphatic carboxylic acids is 1. The lowest BCUT2D eigenvalue weighted by molar-refractivity contribution is -0.152. The van der Waals surface area contributed by atoms with Gasteiger partial charge in [-0.1, -0.05) is 80.9 Å². The summed E-state index contributed by atoms with van der Waals surface area (Å²) in [5.41, 5.74) is 5.32. The first kappa shape index (κ1) is 37.9. The number of amides is 3. The molecule has 2 aromatic carbocycles. The molecule has 1 atom stereocenters. The van der Waals surface area contributed by atoms with E-state index >= 15 is 0 Å². The Hall–Kier alpha value is -4.25. The van der Waals surface area contributed by atoms with Crippen molar-refractivity contribution in [3.63, 3.8) is 0 Å². The summed E-state index contributed by atoms with van der Waals surface area (Å²) in [6.07, 6.45) is 1.50. The van der Waals surface area contributed by atoms with Crippen molar-refractivity contribution in [2.24, 2.45) is 5.73 Å². The molecule has 0 fully saturated rings. The van der Waals surface area contributed by atoms with Crippen LogP contribution in [0, 0.1) is 0 Å². The Morgan fingerprint density at radius 3 is 1.85 bits per heavy atom. The summed E-state index contributed by atoms with van der Waals surface area (Å²) >= 11 is 0. The number of ether oxygens (including phenoxy) is 2. The molecule has 0 saturated heterocycles. The van der Waals surface area contributed by atoms with E-state index in [1.54, 1.807) is 30.3 Å². The number of esters is 1. The van der Waals surface area contributed by atoms with Crippen molar-refractivity contribution in [1.29, 1.82) is 0 Å². The second kappa shape index (κ2) is 22.7. The van der Waals surface area contributed by atoms with Gasteiger partial charge in [0.2, 0.25) is 18.2 Å². The number of carboxylic acid groups (broad SMARTS) is 1. The van der Waals surface area contributed by atoms with Gasteiger partial charge < -0.3 is 30.9 Å². The molecule has 0 radical (unpaired) electrons. The molecule has 0 aliphatic heterocycles. The second-order valence-electron chi connectivity index (χ2n) is 9.05.